The SMILES string of the molecule is CC(C)(CC(N)=O)CC(=O)N(CC1CCCC(C#N)C1)C1CCNC1. The molecule has 2 rings (SSSR count). The van der Waals surface area contributed by atoms with Crippen molar-refractivity contribution in [2.75, 3.05) is 19.6 Å². The van der Waals surface area contributed by atoms with Crippen molar-refractivity contribution in [2.24, 2.45) is 23.0 Å². The number of rotatable bonds is 7. The molecule has 6 heteroatoms. The number of nitrogens with zero attached hydrogens (tertiary/aromatic N) is 2. The van der Waals surface area contributed by atoms with Gasteiger partial charge in [0.05, 0.1) is 6.07 Å². The van der Waals surface area contributed by atoms with E-state index in [4.69, 9.17) is 5.73 Å². The van der Waals surface area contributed by atoms with Gasteiger partial charge in [0, 0.05) is 37.9 Å². The van der Waals surface area contributed by atoms with E-state index in [1.165, 1.54) is 0 Å². The first-order chi connectivity index (χ1) is 11.8. The van der Waals surface area contributed by atoms with Gasteiger partial charge >= 0.3 is 0 Å². The van der Waals surface area contributed by atoms with Gasteiger partial charge in [-0.2, -0.15) is 5.26 Å². The zero-order chi connectivity index (χ0) is 18.4. The fraction of sp³-hybridized carbons (Fsp3) is 0.842. The highest BCUT2D eigenvalue weighted by molar-refractivity contribution is 5.79. The largest absolute Gasteiger partial charge is 0.370 e. The lowest BCUT2D eigenvalue weighted by atomic mass is 9.81. The Hall–Kier alpha value is -1.61. The molecule has 0 aromatic heterocycles. The molecule has 0 bridgehead atoms. The topological polar surface area (TPSA) is 99.2 Å². The molecule has 1 heterocycles. The van der Waals surface area contributed by atoms with Crippen molar-refractivity contribution in [3.05, 3.63) is 0 Å². The van der Waals surface area contributed by atoms with E-state index in [0.29, 0.717) is 12.3 Å². The monoisotopic (exact) mass is 348 g/mol. The molecule has 0 spiro atoms. The number of nitriles is 1. The predicted octanol–water partition coefficient (Wildman–Crippen LogP) is 1.80. The minimum Gasteiger partial charge on any atom is -0.370 e. The molecular formula is C19H32N4O2. The van der Waals surface area contributed by atoms with Crippen LogP contribution in [0.1, 0.15) is 58.8 Å². The van der Waals surface area contributed by atoms with Crippen molar-refractivity contribution < 1.29 is 9.59 Å². The summed E-state index contributed by atoms with van der Waals surface area (Å²) in [6.07, 6.45) is 5.56. The molecule has 3 N–H and O–H groups in total. The van der Waals surface area contributed by atoms with Crippen molar-refractivity contribution in [1.82, 2.24) is 10.2 Å². The van der Waals surface area contributed by atoms with Gasteiger partial charge in [-0.05, 0) is 43.6 Å². The molecule has 3 unspecified atom stereocenters. The predicted molar refractivity (Wildman–Crippen MR) is 96.3 cm³/mol. The number of carbonyl (C=O) groups is 2. The second-order valence-electron chi connectivity index (χ2n) is 8.54. The summed E-state index contributed by atoms with van der Waals surface area (Å²) in [6, 6.07) is 2.62. The molecular weight excluding hydrogens is 316 g/mol. The maximum absolute atomic E-state index is 13.0. The van der Waals surface area contributed by atoms with Gasteiger partial charge in [-0.25, -0.2) is 0 Å². The smallest absolute Gasteiger partial charge is 0.223 e. The number of nitrogens with two attached hydrogens (primary N) is 1. The van der Waals surface area contributed by atoms with Crippen LogP contribution in [0.2, 0.25) is 0 Å². The lowest BCUT2D eigenvalue weighted by molar-refractivity contribution is -0.136. The lowest BCUT2D eigenvalue weighted by Crippen LogP contribution is -2.46. The molecule has 1 aliphatic heterocycles. The van der Waals surface area contributed by atoms with Gasteiger partial charge in [0.15, 0.2) is 0 Å². The van der Waals surface area contributed by atoms with E-state index in [0.717, 1.165) is 51.7 Å². The zero-order valence-electron chi connectivity index (χ0n) is 15.6. The maximum Gasteiger partial charge on any atom is 0.223 e. The molecule has 6 nitrogen and oxygen atoms in total. The Labute approximate surface area is 151 Å². The highest BCUT2D eigenvalue weighted by Crippen LogP contribution is 2.32. The van der Waals surface area contributed by atoms with E-state index in [-0.39, 0.29) is 30.2 Å². The molecule has 2 aliphatic rings. The van der Waals surface area contributed by atoms with Crippen LogP contribution in [0.3, 0.4) is 0 Å². The van der Waals surface area contributed by atoms with Crippen LogP contribution in [0.25, 0.3) is 0 Å². The number of hydrogen-bond donors (Lipinski definition) is 2. The minimum atomic E-state index is -0.422. The molecule has 2 amide bonds. The first-order valence-electron chi connectivity index (χ1n) is 9.49. The average Bonchev–Trinajstić information content (AvgIpc) is 3.05. The fourth-order valence-electron chi connectivity index (χ4n) is 4.26. The van der Waals surface area contributed by atoms with E-state index in [2.05, 4.69) is 11.4 Å². The van der Waals surface area contributed by atoms with Gasteiger partial charge in [-0.3, -0.25) is 9.59 Å². The van der Waals surface area contributed by atoms with Crippen molar-refractivity contribution in [3.63, 3.8) is 0 Å². The summed E-state index contributed by atoms with van der Waals surface area (Å²) in [4.78, 5) is 26.3. The summed E-state index contributed by atoms with van der Waals surface area (Å²) >= 11 is 0. The van der Waals surface area contributed by atoms with E-state index in [1.54, 1.807) is 0 Å². The third kappa shape index (κ3) is 6.00. The highest BCUT2D eigenvalue weighted by atomic mass is 16.2. The molecule has 1 saturated heterocycles. The van der Waals surface area contributed by atoms with E-state index >= 15 is 0 Å². The van der Waals surface area contributed by atoms with Crippen LogP contribution in [0.15, 0.2) is 0 Å². The van der Waals surface area contributed by atoms with E-state index in [9.17, 15) is 14.9 Å². The summed E-state index contributed by atoms with van der Waals surface area (Å²) < 4.78 is 0. The highest BCUT2D eigenvalue weighted by Gasteiger charge is 2.34. The Balaban J connectivity index is 2.03. The Morgan fingerprint density at radius 1 is 1.28 bits per heavy atom. The van der Waals surface area contributed by atoms with Gasteiger partial charge in [-0.1, -0.05) is 20.3 Å². The van der Waals surface area contributed by atoms with Crippen LogP contribution in [0.4, 0.5) is 0 Å². The molecule has 2 fully saturated rings. The summed E-state index contributed by atoms with van der Waals surface area (Å²) in [7, 11) is 0. The average molecular weight is 348 g/mol. The van der Waals surface area contributed by atoms with Crippen molar-refractivity contribution >= 4 is 11.8 Å². The molecule has 0 aromatic rings. The quantitative estimate of drug-likeness (QED) is 0.733. The van der Waals surface area contributed by atoms with Crippen LogP contribution in [-0.2, 0) is 9.59 Å². The Bertz CT molecular complexity index is 520. The summed E-state index contributed by atoms with van der Waals surface area (Å²) in [5.74, 6) is 0.279. The lowest BCUT2D eigenvalue weighted by Gasteiger charge is -2.36. The zero-order valence-corrected chi connectivity index (χ0v) is 15.6. The number of primary amides is 1. The number of nitrogens with one attached hydrogen (secondary N) is 1. The first-order valence-corrected chi connectivity index (χ1v) is 9.49. The van der Waals surface area contributed by atoms with Crippen LogP contribution in [0.5, 0.6) is 0 Å². The summed E-state index contributed by atoms with van der Waals surface area (Å²) in [5, 5.41) is 12.6. The van der Waals surface area contributed by atoms with Crippen LogP contribution in [-0.4, -0.2) is 42.4 Å². The van der Waals surface area contributed by atoms with Crippen molar-refractivity contribution in [3.8, 4) is 6.07 Å². The fourth-order valence-corrected chi connectivity index (χ4v) is 4.26. The third-order valence-corrected chi connectivity index (χ3v) is 5.50. The second-order valence-corrected chi connectivity index (χ2v) is 8.54. The molecule has 0 radical (unpaired) electrons. The Morgan fingerprint density at radius 2 is 2.04 bits per heavy atom. The van der Waals surface area contributed by atoms with Gasteiger partial charge in [-0.15, -0.1) is 0 Å². The van der Waals surface area contributed by atoms with Crippen molar-refractivity contribution in [2.45, 2.75) is 64.8 Å². The standard InChI is InChI=1S/C19H32N4O2/c1-19(2,9-17(21)24)10-18(25)23(16-6-7-22-12-16)13-15-5-3-4-14(8-15)11-20/h14-16,22H,3-10,12-13H2,1-2H3,(H2,21,24). The number of hydrogen-bond acceptors (Lipinski definition) is 4. The number of carbonyl (C=O) groups excluding carboxylic acids is 2. The van der Waals surface area contributed by atoms with E-state index in [1.807, 2.05) is 18.7 Å². The van der Waals surface area contributed by atoms with E-state index < -0.39 is 5.41 Å². The second kappa shape index (κ2) is 8.66. The summed E-state index contributed by atoms with van der Waals surface area (Å²) in [5.41, 5.74) is 4.91. The van der Waals surface area contributed by atoms with Crippen LogP contribution in [0, 0.1) is 28.6 Å². The first kappa shape index (κ1) is 19.7. The summed E-state index contributed by atoms with van der Waals surface area (Å²) in [6.45, 7) is 6.34. The normalized spacial score (nSPS) is 26.8. The Kier molecular flexibility index (Phi) is 6.83. The number of amides is 2. The van der Waals surface area contributed by atoms with Crippen LogP contribution < -0.4 is 11.1 Å². The van der Waals surface area contributed by atoms with Gasteiger partial charge in [0.2, 0.25) is 11.8 Å². The molecule has 1 saturated carbocycles. The van der Waals surface area contributed by atoms with Gasteiger partial charge < -0.3 is 16.0 Å². The molecule has 140 valence electrons. The molecule has 3 atom stereocenters. The van der Waals surface area contributed by atoms with Gasteiger partial charge in [0.25, 0.3) is 0 Å². The molecule has 1 aliphatic carbocycles. The van der Waals surface area contributed by atoms with Crippen LogP contribution >= 0.6 is 0 Å². The van der Waals surface area contributed by atoms with Gasteiger partial charge in [0.1, 0.15) is 0 Å². The molecule has 0 aromatic carbocycles. The maximum atomic E-state index is 13.0. The minimum absolute atomic E-state index is 0.110. The molecule has 25 heavy (non-hydrogen) atoms. The Morgan fingerprint density at radius 3 is 2.64 bits per heavy atom. The third-order valence-electron chi connectivity index (χ3n) is 5.50. The van der Waals surface area contributed by atoms with Crippen molar-refractivity contribution in [1.29, 1.82) is 5.26 Å².